The zero-order valence-electron chi connectivity index (χ0n) is 14.8. The Bertz CT molecular complexity index is 783. The van der Waals surface area contributed by atoms with Crippen molar-refractivity contribution < 1.29 is 0 Å². The van der Waals surface area contributed by atoms with Crippen LogP contribution in [0.5, 0.6) is 0 Å². The van der Waals surface area contributed by atoms with Gasteiger partial charge in [0.15, 0.2) is 5.96 Å². The molecule has 138 valence electrons. The van der Waals surface area contributed by atoms with Gasteiger partial charge in [0.2, 0.25) is 0 Å². The summed E-state index contributed by atoms with van der Waals surface area (Å²) in [7, 11) is 0. The predicted octanol–water partition coefficient (Wildman–Crippen LogP) is 3.87. The van der Waals surface area contributed by atoms with Crippen molar-refractivity contribution in [2.24, 2.45) is 4.99 Å². The van der Waals surface area contributed by atoms with Crippen LogP contribution in [0.25, 0.3) is 0 Å². The zero-order chi connectivity index (χ0) is 17.3. The Morgan fingerprint density at radius 2 is 1.96 bits per heavy atom. The lowest BCUT2D eigenvalue weighted by atomic mass is 10.2. The van der Waals surface area contributed by atoms with Crippen LogP contribution in [0.15, 0.2) is 64.5 Å². The molecular weight excluding hydrogens is 457 g/mol. The summed E-state index contributed by atoms with van der Waals surface area (Å²) in [6.45, 7) is 5.07. The smallest absolute Gasteiger partial charge is 0.191 e. The number of halogens is 1. The first kappa shape index (κ1) is 20.4. The van der Waals surface area contributed by atoms with E-state index < -0.39 is 0 Å². The number of hydrogen-bond donors (Lipinski definition) is 2. The van der Waals surface area contributed by atoms with E-state index in [9.17, 15) is 0 Å². The van der Waals surface area contributed by atoms with E-state index in [0.717, 1.165) is 31.2 Å². The maximum absolute atomic E-state index is 4.65. The summed E-state index contributed by atoms with van der Waals surface area (Å²) in [5, 5.41) is 15.3. The lowest BCUT2D eigenvalue weighted by Crippen LogP contribution is -2.36. The molecule has 0 saturated heterocycles. The normalized spacial score (nSPS) is 11.0. The zero-order valence-corrected chi connectivity index (χ0v) is 17.9. The van der Waals surface area contributed by atoms with Crippen LogP contribution in [0.2, 0.25) is 0 Å². The summed E-state index contributed by atoms with van der Waals surface area (Å²) in [6, 6.07) is 12.5. The first-order valence-electron chi connectivity index (χ1n) is 8.42. The Balaban J connectivity index is 0.00000243. The van der Waals surface area contributed by atoms with Crippen LogP contribution in [0.1, 0.15) is 23.6 Å². The molecule has 2 N–H and O–H groups in total. The van der Waals surface area contributed by atoms with E-state index in [0.29, 0.717) is 6.54 Å². The van der Waals surface area contributed by atoms with Crippen LogP contribution in [0.3, 0.4) is 0 Å². The van der Waals surface area contributed by atoms with E-state index in [1.165, 1.54) is 11.1 Å². The Labute approximate surface area is 175 Å². The van der Waals surface area contributed by atoms with Gasteiger partial charge in [0.1, 0.15) is 0 Å². The van der Waals surface area contributed by atoms with Crippen LogP contribution in [0, 0.1) is 0 Å². The van der Waals surface area contributed by atoms with E-state index >= 15 is 0 Å². The molecule has 7 heteroatoms. The average Bonchev–Trinajstić information content (AvgIpc) is 3.30. The standard InChI is InChI=1S/C19H23N5S.HI/c1-2-20-19(21-10-17-8-9-25-15-17)22-11-18-12-23-24(14-18)13-16-6-4-3-5-7-16;/h3-9,12,14-15H,2,10-11,13H2,1H3,(H2,20,21,22);1H. The number of nitrogens with one attached hydrogen (secondary N) is 2. The van der Waals surface area contributed by atoms with Crippen molar-refractivity contribution in [1.29, 1.82) is 0 Å². The SMILES string of the molecule is CCNC(=NCc1cnn(Cc2ccccc2)c1)NCc1ccsc1.I. The molecule has 0 fully saturated rings. The molecule has 2 aromatic heterocycles. The molecule has 2 heterocycles. The molecule has 1 aromatic carbocycles. The fourth-order valence-electron chi connectivity index (χ4n) is 2.44. The van der Waals surface area contributed by atoms with Gasteiger partial charge < -0.3 is 10.6 Å². The van der Waals surface area contributed by atoms with Crippen molar-refractivity contribution in [3.8, 4) is 0 Å². The van der Waals surface area contributed by atoms with Crippen LogP contribution < -0.4 is 10.6 Å². The quantitative estimate of drug-likeness (QED) is 0.306. The van der Waals surface area contributed by atoms with Gasteiger partial charge in [-0.2, -0.15) is 16.4 Å². The molecule has 0 radical (unpaired) electrons. The Kier molecular flexibility index (Phi) is 8.63. The fourth-order valence-corrected chi connectivity index (χ4v) is 3.10. The fraction of sp³-hybridized carbons (Fsp3) is 0.263. The second-order valence-electron chi connectivity index (χ2n) is 5.71. The molecule has 0 saturated carbocycles. The Hall–Kier alpha value is -1.87. The molecule has 0 spiro atoms. The summed E-state index contributed by atoms with van der Waals surface area (Å²) >= 11 is 1.71. The number of guanidine groups is 1. The summed E-state index contributed by atoms with van der Waals surface area (Å²) in [6.07, 6.45) is 3.94. The topological polar surface area (TPSA) is 54.2 Å². The molecule has 3 rings (SSSR count). The van der Waals surface area contributed by atoms with Crippen molar-refractivity contribution in [2.75, 3.05) is 6.54 Å². The van der Waals surface area contributed by atoms with Gasteiger partial charge in [-0.25, -0.2) is 4.99 Å². The number of hydrogen-bond acceptors (Lipinski definition) is 3. The minimum absolute atomic E-state index is 0. The van der Waals surface area contributed by atoms with Gasteiger partial charge >= 0.3 is 0 Å². The Morgan fingerprint density at radius 1 is 1.12 bits per heavy atom. The van der Waals surface area contributed by atoms with Gasteiger partial charge in [0, 0.05) is 24.8 Å². The monoisotopic (exact) mass is 481 g/mol. The van der Waals surface area contributed by atoms with Crippen molar-refractivity contribution in [3.05, 3.63) is 76.2 Å². The van der Waals surface area contributed by atoms with Gasteiger partial charge in [-0.1, -0.05) is 30.3 Å². The molecule has 0 atom stereocenters. The van der Waals surface area contributed by atoms with Crippen LogP contribution in [-0.4, -0.2) is 22.3 Å². The van der Waals surface area contributed by atoms with Crippen molar-refractivity contribution in [1.82, 2.24) is 20.4 Å². The first-order valence-corrected chi connectivity index (χ1v) is 9.36. The lowest BCUT2D eigenvalue weighted by molar-refractivity contribution is 0.686. The number of thiophene rings is 1. The highest BCUT2D eigenvalue weighted by molar-refractivity contribution is 14.0. The third kappa shape index (κ3) is 6.45. The molecule has 0 aliphatic carbocycles. The van der Waals surface area contributed by atoms with Gasteiger partial charge in [-0.3, -0.25) is 4.68 Å². The van der Waals surface area contributed by atoms with Gasteiger partial charge in [-0.15, -0.1) is 24.0 Å². The van der Waals surface area contributed by atoms with E-state index in [2.05, 4.69) is 62.8 Å². The van der Waals surface area contributed by atoms with E-state index in [4.69, 9.17) is 0 Å². The second kappa shape index (κ2) is 11.0. The molecule has 3 aromatic rings. The van der Waals surface area contributed by atoms with E-state index in [1.807, 2.05) is 29.1 Å². The minimum Gasteiger partial charge on any atom is -0.357 e. The average molecular weight is 481 g/mol. The van der Waals surface area contributed by atoms with E-state index in [1.54, 1.807) is 11.3 Å². The van der Waals surface area contributed by atoms with Gasteiger partial charge in [0.25, 0.3) is 0 Å². The van der Waals surface area contributed by atoms with Gasteiger partial charge in [-0.05, 0) is 34.9 Å². The summed E-state index contributed by atoms with van der Waals surface area (Å²) in [4.78, 5) is 4.65. The Morgan fingerprint density at radius 3 is 2.69 bits per heavy atom. The maximum Gasteiger partial charge on any atom is 0.191 e. The molecule has 0 aliphatic heterocycles. The molecule has 0 unspecified atom stereocenters. The van der Waals surface area contributed by atoms with Crippen LogP contribution in [-0.2, 0) is 19.6 Å². The highest BCUT2D eigenvalue weighted by atomic mass is 127. The summed E-state index contributed by atoms with van der Waals surface area (Å²) < 4.78 is 1.95. The largest absolute Gasteiger partial charge is 0.357 e. The van der Waals surface area contributed by atoms with Crippen molar-refractivity contribution in [3.63, 3.8) is 0 Å². The molecule has 0 amide bonds. The predicted molar refractivity (Wildman–Crippen MR) is 119 cm³/mol. The third-order valence-electron chi connectivity index (χ3n) is 3.68. The van der Waals surface area contributed by atoms with Crippen molar-refractivity contribution in [2.45, 2.75) is 26.6 Å². The summed E-state index contributed by atoms with van der Waals surface area (Å²) in [5.41, 5.74) is 3.61. The number of aromatic nitrogens is 2. The third-order valence-corrected chi connectivity index (χ3v) is 4.41. The maximum atomic E-state index is 4.65. The number of aliphatic imine (C=N–C) groups is 1. The van der Waals surface area contributed by atoms with Crippen molar-refractivity contribution >= 4 is 41.3 Å². The first-order chi connectivity index (χ1) is 12.3. The summed E-state index contributed by atoms with van der Waals surface area (Å²) in [5.74, 6) is 0.824. The highest BCUT2D eigenvalue weighted by Gasteiger charge is 2.02. The van der Waals surface area contributed by atoms with Crippen LogP contribution in [0.4, 0.5) is 0 Å². The molecule has 26 heavy (non-hydrogen) atoms. The number of nitrogens with zero attached hydrogens (tertiary/aromatic N) is 3. The number of rotatable bonds is 7. The molecule has 5 nitrogen and oxygen atoms in total. The molecular formula is C19H24IN5S. The van der Waals surface area contributed by atoms with Gasteiger partial charge in [0.05, 0.1) is 19.3 Å². The lowest BCUT2D eigenvalue weighted by Gasteiger charge is -2.10. The highest BCUT2D eigenvalue weighted by Crippen LogP contribution is 2.06. The van der Waals surface area contributed by atoms with Crippen LogP contribution >= 0.6 is 35.3 Å². The number of benzene rings is 1. The minimum atomic E-state index is 0. The molecule has 0 aliphatic rings. The molecule has 0 bridgehead atoms. The van der Waals surface area contributed by atoms with E-state index in [-0.39, 0.29) is 24.0 Å². The second-order valence-corrected chi connectivity index (χ2v) is 6.49.